The van der Waals surface area contributed by atoms with E-state index in [1.165, 1.54) is 11.0 Å². The lowest BCUT2D eigenvalue weighted by Crippen LogP contribution is -2.38. The molecule has 2 unspecified atom stereocenters. The van der Waals surface area contributed by atoms with Gasteiger partial charge in [-0.15, -0.1) is 0 Å². The van der Waals surface area contributed by atoms with E-state index in [4.69, 9.17) is 14.2 Å². The van der Waals surface area contributed by atoms with Crippen molar-refractivity contribution in [3.63, 3.8) is 0 Å². The minimum Gasteiger partial charge on any atom is -0.382 e. The summed E-state index contributed by atoms with van der Waals surface area (Å²) in [5.41, 5.74) is 0.653. The number of carbonyl (C=O) groups is 1. The van der Waals surface area contributed by atoms with Crippen LogP contribution in [0.15, 0.2) is 24.4 Å². The van der Waals surface area contributed by atoms with Crippen LogP contribution >= 0.6 is 0 Å². The first kappa shape index (κ1) is 14.9. The first-order chi connectivity index (χ1) is 8.56. The third kappa shape index (κ3) is 4.25. The highest BCUT2D eigenvalue weighted by Crippen LogP contribution is 2.18. The maximum Gasteiger partial charge on any atom is 0.253 e. The van der Waals surface area contributed by atoms with Crippen LogP contribution in [0.3, 0.4) is 0 Å². The highest BCUT2D eigenvalue weighted by molar-refractivity contribution is 5.93. The van der Waals surface area contributed by atoms with E-state index in [1.807, 2.05) is 13.8 Å². The summed E-state index contributed by atoms with van der Waals surface area (Å²) in [6.07, 6.45) is 2.73. The van der Waals surface area contributed by atoms with Crippen LogP contribution in [0, 0.1) is 0 Å². The van der Waals surface area contributed by atoms with Gasteiger partial charge in [0.05, 0.1) is 25.9 Å². The van der Waals surface area contributed by atoms with E-state index in [-0.39, 0.29) is 18.2 Å². The van der Waals surface area contributed by atoms with Gasteiger partial charge in [-0.2, -0.15) is 0 Å². The Morgan fingerprint density at radius 3 is 2.61 bits per heavy atom. The molecule has 0 aromatic rings. The molecule has 0 fully saturated rings. The lowest BCUT2D eigenvalue weighted by Gasteiger charge is -2.28. The monoisotopic (exact) mass is 255 g/mol. The molecule has 5 nitrogen and oxygen atoms in total. The van der Waals surface area contributed by atoms with Crippen LogP contribution in [-0.2, 0) is 19.0 Å². The Morgan fingerprint density at radius 1 is 1.33 bits per heavy atom. The Balaban J connectivity index is 2.29. The van der Waals surface area contributed by atoms with Crippen LogP contribution in [0.2, 0.25) is 0 Å². The van der Waals surface area contributed by atoms with Crippen LogP contribution < -0.4 is 0 Å². The lowest BCUT2D eigenvalue weighted by atomic mass is 10.4. The molecule has 0 spiro atoms. The van der Waals surface area contributed by atoms with E-state index in [0.717, 1.165) is 0 Å². The summed E-state index contributed by atoms with van der Waals surface area (Å²) in [4.78, 5) is 13.1. The molecule has 18 heavy (non-hydrogen) atoms. The quantitative estimate of drug-likeness (QED) is 0.614. The molecule has 1 aliphatic rings. The number of allylic oxidation sites excluding steroid dienone is 1. The fraction of sp³-hybridized carbons (Fsp3) is 0.615. The zero-order chi connectivity index (χ0) is 13.5. The lowest BCUT2D eigenvalue weighted by molar-refractivity contribution is -0.141. The Bertz CT molecular complexity index is 309. The largest absolute Gasteiger partial charge is 0.382 e. The summed E-state index contributed by atoms with van der Waals surface area (Å²) < 4.78 is 15.9. The maximum absolute atomic E-state index is 11.6. The van der Waals surface area contributed by atoms with Gasteiger partial charge in [0, 0.05) is 18.9 Å². The summed E-state index contributed by atoms with van der Waals surface area (Å²) in [5.74, 6) is -0.0972. The summed E-state index contributed by atoms with van der Waals surface area (Å²) in [7, 11) is 1.63. The maximum atomic E-state index is 11.6. The van der Waals surface area contributed by atoms with Crippen molar-refractivity contribution in [3.05, 3.63) is 24.4 Å². The smallest absolute Gasteiger partial charge is 0.253 e. The van der Waals surface area contributed by atoms with Gasteiger partial charge in [0.2, 0.25) is 0 Å². The van der Waals surface area contributed by atoms with Crippen molar-refractivity contribution < 1.29 is 19.0 Å². The summed E-state index contributed by atoms with van der Waals surface area (Å²) in [6.45, 7) is 9.08. The van der Waals surface area contributed by atoms with E-state index in [9.17, 15) is 4.79 Å². The van der Waals surface area contributed by atoms with Crippen molar-refractivity contribution in [2.45, 2.75) is 26.2 Å². The first-order valence-corrected chi connectivity index (χ1v) is 5.98. The van der Waals surface area contributed by atoms with Crippen LogP contribution in [0.5, 0.6) is 0 Å². The zero-order valence-electron chi connectivity index (χ0n) is 11.2. The van der Waals surface area contributed by atoms with Gasteiger partial charge in [-0.3, -0.25) is 9.69 Å². The van der Waals surface area contributed by atoms with E-state index in [1.54, 1.807) is 13.2 Å². The number of rotatable bonds is 8. The van der Waals surface area contributed by atoms with Crippen LogP contribution in [0.4, 0.5) is 0 Å². The highest BCUT2D eigenvalue weighted by Gasteiger charge is 2.25. The predicted molar refractivity (Wildman–Crippen MR) is 67.8 cm³/mol. The zero-order valence-corrected chi connectivity index (χ0v) is 11.2. The molecule has 1 aliphatic heterocycles. The SMILES string of the molecule is C=C1C=CC(=O)N1C(C)OC(C)COCCOC. The average molecular weight is 255 g/mol. The number of carbonyl (C=O) groups excluding carboxylic acids is 1. The molecule has 0 aliphatic carbocycles. The van der Waals surface area contributed by atoms with E-state index in [2.05, 4.69) is 6.58 Å². The van der Waals surface area contributed by atoms with Gasteiger partial charge in [0.15, 0.2) is 0 Å². The fourth-order valence-corrected chi connectivity index (χ4v) is 1.71. The third-order valence-corrected chi connectivity index (χ3v) is 2.54. The summed E-state index contributed by atoms with van der Waals surface area (Å²) in [5, 5.41) is 0. The molecule has 0 saturated heterocycles. The topological polar surface area (TPSA) is 48.0 Å². The Labute approximate surface area is 108 Å². The van der Waals surface area contributed by atoms with Gasteiger partial charge in [0.25, 0.3) is 5.91 Å². The second-order valence-electron chi connectivity index (χ2n) is 4.15. The number of hydrogen-bond acceptors (Lipinski definition) is 4. The van der Waals surface area contributed by atoms with Crippen molar-refractivity contribution in [3.8, 4) is 0 Å². The molecular formula is C13H21NO4. The van der Waals surface area contributed by atoms with E-state index >= 15 is 0 Å². The highest BCUT2D eigenvalue weighted by atomic mass is 16.6. The van der Waals surface area contributed by atoms with Crippen molar-refractivity contribution in [2.75, 3.05) is 26.9 Å². The molecule has 102 valence electrons. The Kier molecular flexibility index (Phi) is 6.04. The van der Waals surface area contributed by atoms with Gasteiger partial charge in [-0.05, 0) is 19.9 Å². The first-order valence-electron chi connectivity index (χ1n) is 5.98. The molecule has 0 radical (unpaired) electrons. The fourth-order valence-electron chi connectivity index (χ4n) is 1.71. The summed E-state index contributed by atoms with van der Waals surface area (Å²) in [6, 6.07) is 0. The van der Waals surface area contributed by atoms with Crippen LogP contribution in [0.1, 0.15) is 13.8 Å². The van der Waals surface area contributed by atoms with Gasteiger partial charge in [-0.25, -0.2) is 0 Å². The Hall–Kier alpha value is -1.17. The van der Waals surface area contributed by atoms with Gasteiger partial charge in [-0.1, -0.05) is 6.58 Å². The second-order valence-corrected chi connectivity index (χ2v) is 4.15. The molecule has 0 aromatic carbocycles. The second kappa shape index (κ2) is 7.31. The molecule has 1 amide bonds. The molecule has 5 heteroatoms. The predicted octanol–water partition coefficient (Wildman–Crippen LogP) is 1.31. The Morgan fingerprint density at radius 2 is 2.06 bits per heavy atom. The number of amides is 1. The van der Waals surface area contributed by atoms with Crippen molar-refractivity contribution in [1.82, 2.24) is 4.90 Å². The standard InChI is InChI=1S/C13H21NO4/c1-10-5-6-13(15)14(10)12(3)18-11(2)9-17-8-7-16-4/h5-6,11-12H,1,7-9H2,2-4H3. The van der Waals surface area contributed by atoms with E-state index < -0.39 is 0 Å². The molecule has 1 heterocycles. The van der Waals surface area contributed by atoms with Crippen molar-refractivity contribution in [2.24, 2.45) is 0 Å². The molecular weight excluding hydrogens is 234 g/mol. The third-order valence-electron chi connectivity index (χ3n) is 2.54. The minimum absolute atomic E-state index is 0.0972. The summed E-state index contributed by atoms with van der Waals surface area (Å²) >= 11 is 0. The van der Waals surface area contributed by atoms with Crippen molar-refractivity contribution in [1.29, 1.82) is 0 Å². The van der Waals surface area contributed by atoms with E-state index in [0.29, 0.717) is 25.5 Å². The average Bonchev–Trinajstić information content (AvgIpc) is 2.64. The normalized spacial score (nSPS) is 18.5. The molecule has 0 aromatic heterocycles. The van der Waals surface area contributed by atoms with Gasteiger partial charge < -0.3 is 14.2 Å². The number of nitrogens with zero attached hydrogens (tertiary/aromatic N) is 1. The molecule has 0 bridgehead atoms. The number of methoxy groups -OCH3 is 1. The minimum atomic E-state index is -0.346. The molecule has 2 atom stereocenters. The van der Waals surface area contributed by atoms with Gasteiger partial charge in [0.1, 0.15) is 6.23 Å². The van der Waals surface area contributed by atoms with Crippen LogP contribution in [0.25, 0.3) is 0 Å². The van der Waals surface area contributed by atoms with Gasteiger partial charge >= 0.3 is 0 Å². The number of hydrogen-bond donors (Lipinski definition) is 0. The molecule has 1 rings (SSSR count). The molecule has 0 saturated carbocycles. The van der Waals surface area contributed by atoms with Crippen LogP contribution in [-0.4, -0.2) is 50.1 Å². The molecule has 0 N–H and O–H groups in total. The number of ether oxygens (including phenoxy) is 3. The van der Waals surface area contributed by atoms with Crippen molar-refractivity contribution >= 4 is 5.91 Å².